The third kappa shape index (κ3) is 6.83. The monoisotopic (exact) mass is 481 g/mol. The van der Waals surface area contributed by atoms with E-state index >= 15 is 0 Å². The number of halogens is 4. The lowest BCUT2D eigenvalue weighted by Crippen LogP contribution is -2.36. The largest absolute Gasteiger partial charge is 0.490 e. The van der Waals surface area contributed by atoms with Gasteiger partial charge in [0.25, 0.3) is 0 Å². The first-order valence-electron chi connectivity index (χ1n) is 10.2. The zero-order chi connectivity index (χ0) is 23.8. The Kier molecular flexibility index (Phi) is 8.54. The molecule has 1 atom stereocenters. The van der Waals surface area contributed by atoms with Crippen LogP contribution >= 0.6 is 12.2 Å². The van der Waals surface area contributed by atoms with Crippen LogP contribution in [0.3, 0.4) is 0 Å². The zero-order valence-electron chi connectivity index (χ0n) is 17.8. The molecule has 33 heavy (non-hydrogen) atoms. The van der Waals surface area contributed by atoms with Gasteiger partial charge in [-0.25, -0.2) is 4.39 Å². The van der Waals surface area contributed by atoms with Crippen molar-refractivity contribution in [2.75, 3.05) is 26.4 Å². The normalized spacial score (nSPS) is 12.5. The van der Waals surface area contributed by atoms with Gasteiger partial charge in [-0.05, 0) is 30.2 Å². The van der Waals surface area contributed by atoms with Crippen LogP contribution in [0.15, 0.2) is 54.7 Å². The van der Waals surface area contributed by atoms with Crippen molar-refractivity contribution in [3.63, 3.8) is 0 Å². The van der Waals surface area contributed by atoms with Crippen molar-refractivity contribution in [1.29, 1.82) is 0 Å². The molecule has 10 heteroatoms. The molecule has 1 heterocycles. The maximum atomic E-state index is 13.8. The molecule has 0 saturated heterocycles. The number of aryl methyl sites for hydroxylation is 1. The van der Waals surface area contributed by atoms with E-state index in [9.17, 15) is 17.6 Å². The number of benzene rings is 2. The number of H-pyrrole nitrogens is 1. The maximum Gasteiger partial charge on any atom is 0.407 e. The molecule has 0 amide bonds. The molecule has 2 aromatic carbocycles. The molecule has 3 rings (SSSR count). The Morgan fingerprint density at radius 3 is 2.58 bits per heavy atom. The number of nitrogens with one attached hydrogen (secondary N) is 2. The predicted octanol–water partition coefficient (Wildman–Crippen LogP) is 5.54. The minimum absolute atomic E-state index is 0.00730. The number of hydrogen-bond donors (Lipinski definition) is 2. The van der Waals surface area contributed by atoms with E-state index in [-0.39, 0.29) is 37.7 Å². The second-order valence-electron chi connectivity index (χ2n) is 7.19. The summed E-state index contributed by atoms with van der Waals surface area (Å²) < 4.78 is 65.3. The number of aromatic amines is 1. The zero-order valence-corrected chi connectivity index (χ0v) is 18.6. The summed E-state index contributed by atoms with van der Waals surface area (Å²) in [5.41, 5.74) is 1.94. The number of aromatic nitrogens is 2. The molecule has 0 aliphatic rings. The van der Waals surface area contributed by atoms with Crippen LogP contribution in [0, 0.1) is 17.3 Å². The van der Waals surface area contributed by atoms with Crippen molar-refractivity contribution in [2.45, 2.75) is 19.1 Å². The lowest BCUT2D eigenvalue weighted by Gasteiger charge is -2.22. The molecule has 0 fully saturated rings. The highest BCUT2D eigenvalue weighted by atomic mass is 32.1. The van der Waals surface area contributed by atoms with Gasteiger partial charge in [0.15, 0.2) is 0 Å². The van der Waals surface area contributed by atoms with Gasteiger partial charge in [0.2, 0.25) is 0 Å². The molecule has 0 saturated carbocycles. The molecule has 2 N–H and O–H groups in total. The number of hydrogen-bond acceptors (Lipinski definition) is 5. The smallest absolute Gasteiger partial charge is 0.407 e. The van der Waals surface area contributed by atoms with Crippen molar-refractivity contribution in [3.05, 3.63) is 76.2 Å². The van der Waals surface area contributed by atoms with E-state index in [1.54, 1.807) is 24.4 Å². The lowest BCUT2D eigenvalue weighted by atomic mass is 10.1. The molecule has 1 aromatic heterocycles. The van der Waals surface area contributed by atoms with Gasteiger partial charge in [0, 0.05) is 24.4 Å². The molecular formula is C23H23F4N3O2S. The third-order valence-corrected chi connectivity index (χ3v) is 5.29. The van der Waals surface area contributed by atoms with Gasteiger partial charge in [-0.15, -0.1) is 0 Å². The Hall–Kier alpha value is -2.82. The van der Waals surface area contributed by atoms with Crippen LogP contribution in [0.2, 0.25) is 0 Å². The number of rotatable bonds is 10. The third-order valence-electron chi connectivity index (χ3n) is 4.77. The van der Waals surface area contributed by atoms with Gasteiger partial charge in [-0.3, -0.25) is 5.10 Å². The molecule has 0 radical (unpaired) electrons. The fourth-order valence-electron chi connectivity index (χ4n) is 3.15. The number of ether oxygens (including phenoxy) is 2. The molecule has 176 valence electrons. The fraction of sp³-hybridized carbons (Fsp3) is 0.304. The maximum absolute atomic E-state index is 13.8. The van der Waals surface area contributed by atoms with Gasteiger partial charge in [0.05, 0.1) is 17.7 Å². The minimum atomic E-state index is -4.43. The molecular weight excluding hydrogens is 458 g/mol. The first kappa shape index (κ1) is 24.8. The summed E-state index contributed by atoms with van der Waals surface area (Å²) >= 11 is 5.39. The summed E-state index contributed by atoms with van der Waals surface area (Å²) in [5.74, 6) is -0.240. The van der Waals surface area contributed by atoms with Crippen molar-refractivity contribution < 1.29 is 27.0 Å². The van der Waals surface area contributed by atoms with Gasteiger partial charge < -0.3 is 14.8 Å². The summed E-state index contributed by atoms with van der Waals surface area (Å²) in [6.45, 7) is 2.04. The Morgan fingerprint density at radius 1 is 1.09 bits per heavy atom. The van der Waals surface area contributed by atoms with Gasteiger partial charge in [0.1, 0.15) is 29.9 Å². The molecule has 3 aromatic rings. The topological polar surface area (TPSA) is 59.2 Å². The summed E-state index contributed by atoms with van der Waals surface area (Å²) in [7, 11) is 0. The number of nitrogens with zero attached hydrogens (tertiary/aromatic N) is 1. The highest BCUT2D eigenvalue weighted by Crippen LogP contribution is 2.32. The van der Waals surface area contributed by atoms with Crippen LogP contribution in [-0.2, 0) is 4.74 Å². The average molecular weight is 482 g/mol. The molecule has 0 aliphatic heterocycles. The highest BCUT2D eigenvalue weighted by Gasteiger charge is 2.40. The van der Waals surface area contributed by atoms with Crippen LogP contribution in [-0.4, -0.2) is 42.7 Å². The second-order valence-corrected chi connectivity index (χ2v) is 7.59. The quantitative estimate of drug-likeness (QED) is 0.226. The summed E-state index contributed by atoms with van der Waals surface area (Å²) in [6.07, 6.45) is -2.76. The van der Waals surface area contributed by atoms with Crippen molar-refractivity contribution in [2.24, 2.45) is 0 Å². The van der Waals surface area contributed by atoms with Crippen molar-refractivity contribution in [1.82, 2.24) is 15.5 Å². The van der Waals surface area contributed by atoms with Crippen molar-refractivity contribution >= 4 is 12.2 Å². The van der Waals surface area contributed by atoms with Crippen molar-refractivity contribution in [3.8, 4) is 17.0 Å². The molecule has 1 unspecified atom stereocenters. The van der Waals surface area contributed by atoms with Crippen LogP contribution in [0.25, 0.3) is 11.3 Å². The molecule has 5 nitrogen and oxygen atoms in total. The second kappa shape index (κ2) is 11.4. The Balaban J connectivity index is 1.51. The van der Waals surface area contributed by atoms with E-state index in [1.807, 2.05) is 6.92 Å². The lowest BCUT2D eigenvalue weighted by molar-refractivity contribution is -0.158. The number of alkyl halides is 3. The van der Waals surface area contributed by atoms with Crippen LogP contribution in [0.4, 0.5) is 17.6 Å². The van der Waals surface area contributed by atoms with E-state index in [0.29, 0.717) is 15.8 Å². The van der Waals surface area contributed by atoms with Gasteiger partial charge in [-0.1, -0.05) is 42.5 Å². The Morgan fingerprint density at radius 2 is 1.85 bits per heavy atom. The Labute approximate surface area is 193 Å². The molecule has 0 bridgehead atoms. The van der Waals surface area contributed by atoms with E-state index in [2.05, 4.69) is 15.5 Å². The highest BCUT2D eigenvalue weighted by molar-refractivity contribution is 7.71. The van der Waals surface area contributed by atoms with Gasteiger partial charge in [-0.2, -0.15) is 18.3 Å². The molecule has 0 aliphatic carbocycles. The van der Waals surface area contributed by atoms with E-state index < -0.39 is 18.0 Å². The predicted molar refractivity (Wildman–Crippen MR) is 119 cm³/mol. The summed E-state index contributed by atoms with van der Waals surface area (Å²) in [6, 6.07) is 9.88. The fourth-order valence-corrected chi connectivity index (χ4v) is 3.36. The molecule has 0 spiro atoms. The first-order chi connectivity index (χ1) is 15.8. The van der Waals surface area contributed by atoms with E-state index in [1.165, 1.54) is 30.3 Å². The first-order valence-corrected chi connectivity index (χ1v) is 10.6. The Bertz CT molecular complexity index is 1110. The van der Waals surface area contributed by atoms with Crippen LogP contribution in [0.1, 0.15) is 17.2 Å². The van der Waals surface area contributed by atoms with Crippen LogP contribution < -0.4 is 10.1 Å². The summed E-state index contributed by atoms with van der Waals surface area (Å²) in [4.78, 5) is 0. The van der Waals surface area contributed by atoms with E-state index in [0.717, 1.165) is 5.56 Å². The van der Waals surface area contributed by atoms with E-state index in [4.69, 9.17) is 21.7 Å². The van der Waals surface area contributed by atoms with Crippen LogP contribution in [0.5, 0.6) is 5.75 Å². The minimum Gasteiger partial charge on any atom is -0.490 e. The average Bonchev–Trinajstić information content (AvgIpc) is 2.77. The SMILES string of the molecule is Cc1c[nH]nc(-c2ccc(F)cc2OCCOCCNC(c2ccccc2)C(F)(F)F)c1=S. The summed E-state index contributed by atoms with van der Waals surface area (Å²) in [5, 5.41) is 9.39. The standard InChI is InChI=1S/C23H23F4N3O2S/c1-15-14-29-30-20(21(15)33)18-8-7-17(24)13-19(18)32-12-11-31-10-9-28-22(23(25,26)27)16-5-3-2-4-6-16/h2-8,13-14,22,28H,9-12H2,1H3,(H,29,33). The van der Waals surface area contributed by atoms with Gasteiger partial charge >= 0.3 is 6.18 Å².